The maximum Gasteiger partial charge on any atom is 0.131 e. The van der Waals surface area contributed by atoms with Crippen molar-refractivity contribution in [3.05, 3.63) is 29.6 Å². The van der Waals surface area contributed by atoms with E-state index in [0.717, 1.165) is 6.42 Å². The molecule has 0 fully saturated rings. The molecule has 0 bridgehead atoms. The van der Waals surface area contributed by atoms with Gasteiger partial charge in [-0.15, -0.1) is 0 Å². The summed E-state index contributed by atoms with van der Waals surface area (Å²) in [5, 5.41) is 3.42. The van der Waals surface area contributed by atoms with Crippen molar-refractivity contribution in [3.63, 3.8) is 0 Å². The molecule has 2 atom stereocenters. The molecule has 1 rings (SSSR count). The summed E-state index contributed by atoms with van der Waals surface area (Å²) >= 11 is 0. The van der Waals surface area contributed by atoms with Crippen molar-refractivity contribution in [2.75, 3.05) is 7.11 Å². The molecule has 102 valence electrons. The lowest BCUT2D eigenvalue weighted by atomic mass is 10.0. The van der Waals surface area contributed by atoms with E-state index < -0.39 is 0 Å². The first kappa shape index (κ1) is 15.0. The fraction of sp³-hybridized carbons (Fsp3) is 0.600. The van der Waals surface area contributed by atoms with Crippen molar-refractivity contribution in [2.24, 2.45) is 5.92 Å². The van der Waals surface area contributed by atoms with Crippen LogP contribution in [0.2, 0.25) is 0 Å². The Balaban J connectivity index is 2.80. The van der Waals surface area contributed by atoms with Crippen LogP contribution in [0.15, 0.2) is 18.2 Å². The molecule has 2 nitrogen and oxygen atoms in total. The maximum atomic E-state index is 13.9. The first-order valence-corrected chi connectivity index (χ1v) is 6.54. The summed E-state index contributed by atoms with van der Waals surface area (Å²) in [4.78, 5) is 0. The summed E-state index contributed by atoms with van der Waals surface area (Å²) < 4.78 is 19.1. The second-order valence-electron chi connectivity index (χ2n) is 5.27. The van der Waals surface area contributed by atoms with Gasteiger partial charge in [-0.2, -0.15) is 0 Å². The van der Waals surface area contributed by atoms with Crippen LogP contribution in [0.3, 0.4) is 0 Å². The molecule has 3 heteroatoms. The van der Waals surface area contributed by atoms with Gasteiger partial charge >= 0.3 is 0 Å². The Labute approximate surface area is 110 Å². The zero-order chi connectivity index (χ0) is 13.7. The van der Waals surface area contributed by atoms with E-state index in [0.29, 0.717) is 23.3 Å². The smallest absolute Gasteiger partial charge is 0.131 e. The Kier molecular flexibility index (Phi) is 5.60. The highest BCUT2D eigenvalue weighted by Crippen LogP contribution is 2.28. The molecule has 0 aliphatic rings. The Morgan fingerprint density at radius 1 is 1.22 bits per heavy atom. The van der Waals surface area contributed by atoms with Gasteiger partial charge in [-0.05, 0) is 38.3 Å². The second kappa shape index (κ2) is 6.74. The third kappa shape index (κ3) is 3.98. The number of halogens is 1. The first-order chi connectivity index (χ1) is 8.45. The number of nitrogens with one attached hydrogen (secondary N) is 1. The molecule has 1 aromatic rings. The highest BCUT2D eigenvalue weighted by Gasteiger charge is 2.18. The van der Waals surface area contributed by atoms with E-state index in [4.69, 9.17) is 4.74 Å². The Bertz CT molecular complexity index is 379. The van der Waals surface area contributed by atoms with Crippen LogP contribution in [0.5, 0.6) is 5.75 Å². The predicted octanol–water partition coefficient (Wildman–Crippen LogP) is 3.92. The highest BCUT2D eigenvalue weighted by atomic mass is 19.1. The van der Waals surface area contributed by atoms with Crippen LogP contribution < -0.4 is 10.1 Å². The van der Waals surface area contributed by atoms with Crippen molar-refractivity contribution >= 4 is 0 Å². The minimum absolute atomic E-state index is 0.0603. The quantitative estimate of drug-likeness (QED) is 0.829. The minimum Gasteiger partial charge on any atom is -0.496 e. The van der Waals surface area contributed by atoms with Gasteiger partial charge < -0.3 is 10.1 Å². The molecule has 1 N–H and O–H groups in total. The monoisotopic (exact) mass is 253 g/mol. The molecular weight excluding hydrogens is 229 g/mol. The number of rotatable bonds is 6. The molecule has 0 heterocycles. The number of benzene rings is 1. The van der Waals surface area contributed by atoms with Crippen LogP contribution in [0.1, 0.15) is 45.7 Å². The van der Waals surface area contributed by atoms with Gasteiger partial charge in [0, 0.05) is 17.6 Å². The number of hydrogen-bond acceptors (Lipinski definition) is 2. The maximum absolute atomic E-state index is 13.9. The van der Waals surface area contributed by atoms with Gasteiger partial charge in [-0.25, -0.2) is 4.39 Å². The fourth-order valence-corrected chi connectivity index (χ4v) is 2.40. The largest absolute Gasteiger partial charge is 0.496 e. The average molecular weight is 253 g/mol. The van der Waals surface area contributed by atoms with Crippen molar-refractivity contribution in [2.45, 2.75) is 46.2 Å². The standard InChI is InChI=1S/C15H24FNO/c1-10(2)9-11(3)17-12(4)15-13(16)7-6-8-14(15)18-5/h6-8,10-12,17H,9H2,1-5H3. The molecule has 0 aliphatic carbocycles. The molecule has 0 aromatic heterocycles. The third-order valence-corrected chi connectivity index (χ3v) is 3.03. The topological polar surface area (TPSA) is 21.3 Å². The summed E-state index contributed by atoms with van der Waals surface area (Å²) in [5.74, 6) is 1.01. The fourth-order valence-electron chi connectivity index (χ4n) is 2.40. The highest BCUT2D eigenvalue weighted by molar-refractivity contribution is 5.36. The summed E-state index contributed by atoms with van der Waals surface area (Å²) in [6.07, 6.45) is 1.07. The molecule has 0 saturated carbocycles. The zero-order valence-electron chi connectivity index (χ0n) is 12.0. The summed E-state index contributed by atoms with van der Waals surface area (Å²) in [6.45, 7) is 8.47. The van der Waals surface area contributed by atoms with E-state index >= 15 is 0 Å². The third-order valence-electron chi connectivity index (χ3n) is 3.03. The van der Waals surface area contributed by atoms with E-state index in [-0.39, 0.29) is 11.9 Å². The van der Waals surface area contributed by atoms with Crippen LogP contribution in [-0.4, -0.2) is 13.2 Å². The molecule has 0 spiro atoms. The van der Waals surface area contributed by atoms with Crippen molar-refractivity contribution in [3.8, 4) is 5.75 Å². The summed E-state index contributed by atoms with van der Waals surface area (Å²) in [6, 6.07) is 5.23. The molecule has 18 heavy (non-hydrogen) atoms. The SMILES string of the molecule is COc1cccc(F)c1C(C)NC(C)CC(C)C. The van der Waals surface area contributed by atoms with Crippen LogP contribution in [0.25, 0.3) is 0 Å². The predicted molar refractivity (Wildman–Crippen MR) is 73.4 cm³/mol. The number of hydrogen-bond donors (Lipinski definition) is 1. The van der Waals surface area contributed by atoms with E-state index in [9.17, 15) is 4.39 Å². The molecule has 0 saturated heterocycles. The van der Waals surface area contributed by atoms with Crippen LogP contribution >= 0.6 is 0 Å². The lowest BCUT2D eigenvalue weighted by Gasteiger charge is -2.23. The lowest BCUT2D eigenvalue weighted by molar-refractivity contribution is 0.371. The molecule has 0 aliphatic heterocycles. The molecular formula is C15H24FNO. The van der Waals surface area contributed by atoms with Gasteiger partial charge in [-0.1, -0.05) is 19.9 Å². The number of methoxy groups -OCH3 is 1. The van der Waals surface area contributed by atoms with Crippen LogP contribution in [-0.2, 0) is 0 Å². The van der Waals surface area contributed by atoms with E-state index in [1.165, 1.54) is 6.07 Å². The van der Waals surface area contributed by atoms with Gasteiger partial charge in [0.2, 0.25) is 0 Å². The minimum atomic E-state index is -0.217. The van der Waals surface area contributed by atoms with Gasteiger partial charge in [0.25, 0.3) is 0 Å². The van der Waals surface area contributed by atoms with Gasteiger partial charge in [0.05, 0.1) is 7.11 Å². The first-order valence-electron chi connectivity index (χ1n) is 6.54. The van der Waals surface area contributed by atoms with Crippen molar-refractivity contribution in [1.82, 2.24) is 5.32 Å². The Morgan fingerprint density at radius 3 is 2.44 bits per heavy atom. The van der Waals surface area contributed by atoms with E-state index in [1.54, 1.807) is 19.2 Å². The average Bonchev–Trinajstić information content (AvgIpc) is 2.26. The van der Waals surface area contributed by atoms with Crippen molar-refractivity contribution < 1.29 is 9.13 Å². The summed E-state index contributed by atoms with van der Waals surface area (Å²) in [7, 11) is 1.57. The lowest BCUT2D eigenvalue weighted by Crippen LogP contribution is -2.30. The zero-order valence-corrected chi connectivity index (χ0v) is 12.0. The van der Waals surface area contributed by atoms with E-state index in [2.05, 4.69) is 26.1 Å². The summed E-state index contributed by atoms with van der Waals surface area (Å²) in [5.41, 5.74) is 0.607. The van der Waals surface area contributed by atoms with Gasteiger partial charge in [0.1, 0.15) is 11.6 Å². The molecule has 2 unspecified atom stereocenters. The molecule has 0 radical (unpaired) electrons. The van der Waals surface area contributed by atoms with Crippen LogP contribution in [0, 0.1) is 11.7 Å². The number of ether oxygens (including phenoxy) is 1. The van der Waals surface area contributed by atoms with Crippen LogP contribution in [0.4, 0.5) is 4.39 Å². The van der Waals surface area contributed by atoms with Gasteiger partial charge in [-0.3, -0.25) is 0 Å². The second-order valence-corrected chi connectivity index (χ2v) is 5.27. The normalized spacial score (nSPS) is 14.6. The molecule has 1 aromatic carbocycles. The van der Waals surface area contributed by atoms with Crippen molar-refractivity contribution in [1.29, 1.82) is 0 Å². The van der Waals surface area contributed by atoms with Gasteiger partial charge in [0.15, 0.2) is 0 Å². The molecule has 0 amide bonds. The Hall–Kier alpha value is -1.09. The van der Waals surface area contributed by atoms with E-state index in [1.807, 2.05) is 6.92 Å². The Morgan fingerprint density at radius 2 is 1.89 bits per heavy atom.